The molecular formula is C17H16N2O2S. The topological polar surface area (TPSA) is 46.3 Å². The van der Waals surface area contributed by atoms with Crippen LogP contribution in [-0.2, 0) is 4.79 Å². The van der Waals surface area contributed by atoms with Crippen molar-refractivity contribution in [3.05, 3.63) is 54.6 Å². The highest BCUT2D eigenvalue weighted by Gasteiger charge is 2.22. The number of hydrogen-bond acceptors (Lipinski definition) is 4. The van der Waals surface area contributed by atoms with Gasteiger partial charge in [0.15, 0.2) is 5.58 Å². The molecule has 1 aromatic heterocycles. The van der Waals surface area contributed by atoms with Crippen molar-refractivity contribution in [3.8, 4) is 0 Å². The van der Waals surface area contributed by atoms with Gasteiger partial charge >= 0.3 is 0 Å². The Kier molecular flexibility index (Phi) is 4.15. The standard InChI is InChI=1S/C17H16N2O2S/c1-12(16(20)19(2)13-8-4-3-5-9-13)22-17-18-14-10-6-7-11-15(14)21-17/h3-12H,1-2H3/t12-/m1/s1. The van der Waals surface area contributed by atoms with Crippen LogP contribution in [-0.4, -0.2) is 23.2 Å². The van der Waals surface area contributed by atoms with Crippen molar-refractivity contribution in [2.24, 2.45) is 0 Å². The smallest absolute Gasteiger partial charge is 0.257 e. The Morgan fingerprint density at radius 3 is 2.55 bits per heavy atom. The number of aromatic nitrogens is 1. The van der Waals surface area contributed by atoms with E-state index in [9.17, 15) is 4.79 Å². The van der Waals surface area contributed by atoms with Crippen LogP contribution < -0.4 is 4.90 Å². The maximum atomic E-state index is 12.5. The van der Waals surface area contributed by atoms with Crippen molar-refractivity contribution < 1.29 is 9.21 Å². The van der Waals surface area contributed by atoms with E-state index in [0.717, 1.165) is 16.8 Å². The summed E-state index contributed by atoms with van der Waals surface area (Å²) >= 11 is 1.33. The predicted octanol–water partition coefficient (Wildman–Crippen LogP) is 3.97. The largest absolute Gasteiger partial charge is 0.431 e. The van der Waals surface area contributed by atoms with Crippen LogP contribution in [0.25, 0.3) is 11.1 Å². The van der Waals surface area contributed by atoms with E-state index in [0.29, 0.717) is 5.22 Å². The third-order valence-electron chi connectivity index (χ3n) is 3.37. The molecular weight excluding hydrogens is 296 g/mol. The van der Waals surface area contributed by atoms with E-state index in [1.54, 1.807) is 11.9 Å². The highest BCUT2D eigenvalue weighted by molar-refractivity contribution is 8.00. The van der Waals surface area contributed by atoms with Crippen molar-refractivity contribution in [2.75, 3.05) is 11.9 Å². The van der Waals surface area contributed by atoms with Crippen LogP contribution >= 0.6 is 11.8 Å². The van der Waals surface area contributed by atoms with Gasteiger partial charge in [-0.3, -0.25) is 4.79 Å². The zero-order valence-electron chi connectivity index (χ0n) is 12.4. The van der Waals surface area contributed by atoms with E-state index >= 15 is 0 Å². The van der Waals surface area contributed by atoms with Gasteiger partial charge in [0.25, 0.3) is 5.22 Å². The summed E-state index contributed by atoms with van der Waals surface area (Å²) in [6.07, 6.45) is 0. The quantitative estimate of drug-likeness (QED) is 0.684. The molecule has 112 valence electrons. The van der Waals surface area contributed by atoms with E-state index in [2.05, 4.69) is 4.98 Å². The molecule has 0 spiro atoms. The Balaban J connectivity index is 1.73. The normalized spacial score (nSPS) is 12.3. The summed E-state index contributed by atoms with van der Waals surface area (Å²) in [6, 6.07) is 17.2. The molecule has 0 aliphatic heterocycles. The van der Waals surface area contributed by atoms with Gasteiger partial charge in [0.05, 0.1) is 5.25 Å². The lowest BCUT2D eigenvalue weighted by molar-refractivity contribution is -0.117. The average molecular weight is 312 g/mol. The molecule has 3 aromatic rings. The molecule has 22 heavy (non-hydrogen) atoms. The maximum Gasteiger partial charge on any atom is 0.257 e. The first-order chi connectivity index (χ1) is 10.6. The molecule has 0 aliphatic rings. The van der Waals surface area contributed by atoms with Gasteiger partial charge in [-0.15, -0.1) is 0 Å². The lowest BCUT2D eigenvalue weighted by Gasteiger charge is -2.20. The molecule has 4 nitrogen and oxygen atoms in total. The molecule has 0 unspecified atom stereocenters. The van der Waals surface area contributed by atoms with Crippen molar-refractivity contribution in [2.45, 2.75) is 17.4 Å². The van der Waals surface area contributed by atoms with Crippen molar-refractivity contribution in [3.63, 3.8) is 0 Å². The van der Waals surface area contributed by atoms with Crippen LogP contribution in [0.5, 0.6) is 0 Å². The number of carbonyl (C=O) groups is 1. The summed E-state index contributed by atoms with van der Waals surface area (Å²) in [5.74, 6) is 0.0125. The number of nitrogens with zero attached hydrogens (tertiary/aromatic N) is 2. The first-order valence-corrected chi connectivity index (χ1v) is 7.88. The molecule has 0 N–H and O–H groups in total. The average Bonchev–Trinajstić information content (AvgIpc) is 2.96. The Morgan fingerprint density at radius 1 is 1.14 bits per heavy atom. The van der Waals surface area contributed by atoms with Crippen molar-refractivity contribution in [1.82, 2.24) is 4.98 Å². The molecule has 2 aromatic carbocycles. The predicted molar refractivity (Wildman–Crippen MR) is 89.2 cm³/mol. The van der Waals surface area contributed by atoms with Gasteiger partial charge in [0.2, 0.25) is 5.91 Å². The summed E-state index contributed by atoms with van der Waals surface area (Å²) in [7, 11) is 1.78. The van der Waals surface area contributed by atoms with Gasteiger partial charge in [-0.25, -0.2) is 4.98 Å². The zero-order valence-corrected chi connectivity index (χ0v) is 13.2. The fraction of sp³-hybridized carbons (Fsp3) is 0.176. The van der Waals surface area contributed by atoms with Crippen LogP contribution in [0.4, 0.5) is 5.69 Å². The third-order valence-corrected chi connectivity index (χ3v) is 4.31. The van der Waals surface area contributed by atoms with Crippen molar-refractivity contribution >= 4 is 34.5 Å². The molecule has 0 fully saturated rings. The summed E-state index contributed by atoms with van der Waals surface area (Å²) < 4.78 is 5.66. The lowest BCUT2D eigenvalue weighted by Crippen LogP contribution is -2.33. The number of thioether (sulfide) groups is 1. The monoisotopic (exact) mass is 312 g/mol. The van der Waals surface area contributed by atoms with Gasteiger partial charge < -0.3 is 9.32 Å². The number of anilines is 1. The number of carbonyl (C=O) groups excluding carboxylic acids is 1. The Hall–Kier alpha value is -2.27. The molecule has 5 heteroatoms. The molecule has 1 amide bonds. The second-order valence-electron chi connectivity index (χ2n) is 4.94. The summed E-state index contributed by atoms with van der Waals surface area (Å²) in [6.45, 7) is 1.86. The van der Waals surface area contributed by atoms with Gasteiger partial charge in [0.1, 0.15) is 5.52 Å². The van der Waals surface area contributed by atoms with Crippen LogP contribution in [0.15, 0.2) is 64.2 Å². The highest BCUT2D eigenvalue weighted by atomic mass is 32.2. The molecule has 0 bridgehead atoms. The molecule has 1 heterocycles. The summed E-state index contributed by atoms with van der Waals surface area (Å²) in [4.78, 5) is 18.5. The Morgan fingerprint density at radius 2 is 1.82 bits per heavy atom. The summed E-state index contributed by atoms with van der Waals surface area (Å²) in [5, 5.41) is 0.238. The molecule has 0 saturated heterocycles. The zero-order chi connectivity index (χ0) is 15.5. The minimum Gasteiger partial charge on any atom is -0.431 e. The summed E-state index contributed by atoms with van der Waals surface area (Å²) in [5.41, 5.74) is 2.42. The number of amides is 1. The van der Waals surface area contributed by atoms with Gasteiger partial charge in [-0.2, -0.15) is 0 Å². The van der Waals surface area contributed by atoms with Gasteiger partial charge in [-0.1, -0.05) is 42.1 Å². The minimum absolute atomic E-state index is 0.0125. The number of oxazole rings is 1. The van der Waals surface area contributed by atoms with E-state index in [1.165, 1.54) is 11.8 Å². The van der Waals surface area contributed by atoms with E-state index in [-0.39, 0.29) is 11.2 Å². The van der Waals surface area contributed by atoms with Crippen LogP contribution in [0.1, 0.15) is 6.92 Å². The highest BCUT2D eigenvalue weighted by Crippen LogP contribution is 2.28. The van der Waals surface area contributed by atoms with E-state index in [1.807, 2.05) is 61.5 Å². The second-order valence-corrected chi connectivity index (χ2v) is 6.23. The number of para-hydroxylation sites is 3. The maximum absolute atomic E-state index is 12.5. The van der Waals surface area contributed by atoms with Gasteiger partial charge in [0, 0.05) is 12.7 Å². The fourth-order valence-electron chi connectivity index (χ4n) is 2.15. The van der Waals surface area contributed by atoms with Crippen LogP contribution in [0.2, 0.25) is 0 Å². The Bertz CT molecular complexity index is 752. The first-order valence-electron chi connectivity index (χ1n) is 7.00. The number of fused-ring (bicyclic) bond motifs is 1. The molecule has 0 radical (unpaired) electrons. The molecule has 0 saturated carbocycles. The fourth-order valence-corrected chi connectivity index (χ4v) is 3.00. The number of hydrogen-bond donors (Lipinski definition) is 0. The van der Waals surface area contributed by atoms with E-state index < -0.39 is 0 Å². The number of benzene rings is 2. The molecule has 1 atom stereocenters. The first kappa shape index (κ1) is 14.7. The third kappa shape index (κ3) is 2.99. The Labute approximate surface area is 133 Å². The molecule has 0 aliphatic carbocycles. The SMILES string of the molecule is C[C@@H](Sc1nc2ccccc2o1)C(=O)N(C)c1ccccc1. The number of rotatable bonds is 4. The van der Waals surface area contributed by atoms with Crippen molar-refractivity contribution in [1.29, 1.82) is 0 Å². The second kappa shape index (κ2) is 6.23. The minimum atomic E-state index is -0.279. The molecule has 3 rings (SSSR count). The van der Waals surface area contributed by atoms with Gasteiger partial charge in [-0.05, 0) is 31.2 Å². The van der Waals surface area contributed by atoms with Crippen LogP contribution in [0.3, 0.4) is 0 Å². The van der Waals surface area contributed by atoms with E-state index in [4.69, 9.17) is 4.42 Å². The van der Waals surface area contributed by atoms with Crippen LogP contribution in [0, 0.1) is 0 Å². The lowest BCUT2D eigenvalue weighted by atomic mass is 10.3.